The molecule has 1 aliphatic rings. The van der Waals surface area contributed by atoms with Crippen molar-refractivity contribution in [2.45, 2.75) is 25.2 Å². The van der Waals surface area contributed by atoms with Crippen LogP contribution in [0, 0.1) is 0 Å². The number of amides is 2. The SMILES string of the molecule is CON(C)C(=O)[C@H]1C[C@@H](O)CN1C(=O)OCc1ccccc1. The lowest BCUT2D eigenvalue weighted by atomic mass is 10.2. The van der Waals surface area contributed by atoms with Crippen LogP contribution in [0.15, 0.2) is 30.3 Å². The molecule has 120 valence electrons. The second kappa shape index (κ2) is 7.24. The first-order valence-corrected chi connectivity index (χ1v) is 7.00. The lowest BCUT2D eigenvalue weighted by Crippen LogP contribution is -2.46. The van der Waals surface area contributed by atoms with Crippen LogP contribution in [0.3, 0.4) is 0 Å². The fourth-order valence-electron chi connectivity index (χ4n) is 2.35. The molecule has 1 aliphatic heterocycles. The molecule has 2 rings (SSSR count). The van der Waals surface area contributed by atoms with Gasteiger partial charge in [0.2, 0.25) is 0 Å². The number of hydrogen-bond donors (Lipinski definition) is 1. The summed E-state index contributed by atoms with van der Waals surface area (Å²) in [6, 6.07) is 8.48. The minimum atomic E-state index is -0.775. The summed E-state index contributed by atoms with van der Waals surface area (Å²) in [6.07, 6.45) is -1.20. The van der Waals surface area contributed by atoms with Crippen molar-refractivity contribution < 1.29 is 24.3 Å². The Balaban J connectivity index is 1.98. The molecule has 0 aliphatic carbocycles. The molecule has 0 unspecified atom stereocenters. The Morgan fingerprint density at radius 1 is 1.36 bits per heavy atom. The Hall–Kier alpha value is -2.12. The summed E-state index contributed by atoms with van der Waals surface area (Å²) in [6.45, 7) is 0.189. The van der Waals surface area contributed by atoms with Crippen LogP contribution < -0.4 is 0 Å². The number of nitrogens with zero attached hydrogens (tertiary/aromatic N) is 2. The van der Waals surface area contributed by atoms with E-state index in [1.54, 1.807) is 0 Å². The molecule has 0 radical (unpaired) electrons. The minimum Gasteiger partial charge on any atom is -0.445 e. The summed E-state index contributed by atoms with van der Waals surface area (Å²) in [5.74, 6) is -0.393. The first-order chi connectivity index (χ1) is 10.5. The molecule has 1 heterocycles. The zero-order chi connectivity index (χ0) is 16.1. The Morgan fingerprint density at radius 3 is 2.68 bits per heavy atom. The van der Waals surface area contributed by atoms with Gasteiger partial charge in [-0.25, -0.2) is 9.86 Å². The highest BCUT2D eigenvalue weighted by Gasteiger charge is 2.41. The maximum Gasteiger partial charge on any atom is 0.410 e. The predicted octanol–water partition coefficient (Wildman–Crippen LogP) is 0.778. The second-order valence-electron chi connectivity index (χ2n) is 5.12. The first-order valence-electron chi connectivity index (χ1n) is 7.00. The standard InChI is InChI=1S/C15H20N2O5/c1-16(21-2)14(19)13-8-12(18)9-17(13)15(20)22-10-11-6-4-3-5-7-11/h3-7,12-13,18H,8-10H2,1-2H3/t12-,13-/m1/s1. The smallest absolute Gasteiger partial charge is 0.410 e. The van der Waals surface area contributed by atoms with Crippen LogP contribution in [0.1, 0.15) is 12.0 Å². The van der Waals surface area contributed by atoms with Gasteiger partial charge in [-0.05, 0) is 5.56 Å². The van der Waals surface area contributed by atoms with Crippen molar-refractivity contribution >= 4 is 12.0 Å². The molecule has 1 saturated heterocycles. The Kier molecular flexibility index (Phi) is 5.35. The summed E-state index contributed by atoms with van der Waals surface area (Å²) < 4.78 is 5.22. The molecule has 0 saturated carbocycles. The van der Waals surface area contributed by atoms with E-state index in [0.717, 1.165) is 10.6 Å². The molecule has 7 nitrogen and oxygen atoms in total. The van der Waals surface area contributed by atoms with E-state index in [4.69, 9.17) is 9.57 Å². The number of benzene rings is 1. The van der Waals surface area contributed by atoms with Crippen molar-refractivity contribution in [1.29, 1.82) is 0 Å². The summed E-state index contributed by atoms with van der Waals surface area (Å²) in [5.41, 5.74) is 0.854. The lowest BCUT2D eigenvalue weighted by molar-refractivity contribution is -0.173. The van der Waals surface area contributed by atoms with Crippen LogP contribution in [-0.4, -0.2) is 59.9 Å². The third kappa shape index (κ3) is 3.75. The molecule has 1 aromatic carbocycles. The number of likely N-dealkylation sites (N-methyl/N-ethyl adjacent to an activating group) is 1. The number of ether oxygens (including phenoxy) is 1. The van der Waals surface area contributed by atoms with Crippen molar-refractivity contribution in [1.82, 2.24) is 9.96 Å². The summed E-state index contributed by atoms with van der Waals surface area (Å²) in [5, 5.41) is 10.8. The largest absolute Gasteiger partial charge is 0.445 e. The second-order valence-corrected chi connectivity index (χ2v) is 5.12. The van der Waals surface area contributed by atoms with Crippen LogP contribution in [0.4, 0.5) is 4.79 Å². The molecule has 0 aromatic heterocycles. The van der Waals surface area contributed by atoms with Crippen molar-refractivity contribution in [3.63, 3.8) is 0 Å². The van der Waals surface area contributed by atoms with E-state index < -0.39 is 24.1 Å². The molecule has 7 heteroatoms. The van der Waals surface area contributed by atoms with Gasteiger partial charge in [-0.15, -0.1) is 0 Å². The lowest BCUT2D eigenvalue weighted by Gasteiger charge is -2.25. The van der Waals surface area contributed by atoms with Crippen molar-refractivity contribution in [2.75, 3.05) is 20.7 Å². The van der Waals surface area contributed by atoms with Gasteiger partial charge in [0, 0.05) is 13.5 Å². The maximum atomic E-state index is 12.2. The van der Waals surface area contributed by atoms with Gasteiger partial charge in [0.1, 0.15) is 12.6 Å². The van der Waals surface area contributed by atoms with Gasteiger partial charge in [-0.3, -0.25) is 14.5 Å². The van der Waals surface area contributed by atoms with Crippen LogP contribution in [0.5, 0.6) is 0 Å². The zero-order valence-corrected chi connectivity index (χ0v) is 12.6. The topological polar surface area (TPSA) is 79.3 Å². The number of hydrogen-bond acceptors (Lipinski definition) is 5. The van der Waals surface area contributed by atoms with E-state index >= 15 is 0 Å². The Bertz CT molecular complexity index is 522. The van der Waals surface area contributed by atoms with Crippen LogP contribution in [0.25, 0.3) is 0 Å². The van der Waals surface area contributed by atoms with Crippen molar-refractivity contribution in [3.8, 4) is 0 Å². The number of rotatable bonds is 4. The molecule has 1 fully saturated rings. The van der Waals surface area contributed by atoms with E-state index in [-0.39, 0.29) is 19.6 Å². The monoisotopic (exact) mass is 308 g/mol. The molecule has 0 bridgehead atoms. The molecule has 22 heavy (non-hydrogen) atoms. The molecule has 2 amide bonds. The number of carbonyl (C=O) groups is 2. The summed E-state index contributed by atoms with van der Waals surface area (Å²) >= 11 is 0. The van der Waals surface area contributed by atoms with E-state index in [1.807, 2.05) is 30.3 Å². The van der Waals surface area contributed by atoms with E-state index in [1.165, 1.54) is 19.1 Å². The zero-order valence-electron chi connectivity index (χ0n) is 12.6. The van der Waals surface area contributed by atoms with E-state index in [9.17, 15) is 14.7 Å². The van der Waals surface area contributed by atoms with Gasteiger partial charge in [0.05, 0.1) is 19.8 Å². The van der Waals surface area contributed by atoms with Gasteiger partial charge < -0.3 is 9.84 Å². The van der Waals surface area contributed by atoms with Crippen LogP contribution in [0.2, 0.25) is 0 Å². The van der Waals surface area contributed by atoms with Gasteiger partial charge in [-0.2, -0.15) is 0 Å². The van der Waals surface area contributed by atoms with Gasteiger partial charge >= 0.3 is 6.09 Å². The van der Waals surface area contributed by atoms with Gasteiger partial charge in [-0.1, -0.05) is 30.3 Å². The third-order valence-electron chi connectivity index (χ3n) is 3.59. The first kappa shape index (κ1) is 16.3. The molecular weight excluding hydrogens is 288 g/mol. The number of hydroxylamine groups is 2. The van der Waals surface area contributed by atoms with Crippen LogP contribution in [-0.2, 0) is 21.0 Å². The number of β-amino-alcohol motifs (C(OH)–C–C–N with tert-alkyl or cyclic N) is 1. The third-order valence-corrected chi connectivity index (χ3v) is 3.59. The highest BCUT2D eigenvalue weighted by Crippen LogP contribution is 2.21. The summed E-state index contributed by atoms with van der Waals surface area (Å²) in [4.78, 5) is 30.4. The number of likely N-dealkylation sites (tertiary alicyclic amines) is 1. The number of aliphatic hydroxyl groups excluding tert-OH is 1. The Labute approximate surface area is 129 Å². The molecule has 0 spiro atoms. The highest BCUT2D eigenvalue weighted by molar-refractivity contribution is 5.85. The quantitative estimate of drug-likeness (QED) is 0.832. The normalized spacial score (nSPS) is 20.8. The minimum absolute atomic E-state index is 0.0710. The maximum absolute atomic E-state index is 12.2. The fourth-order valence-corrected chi connectivity index (χ4v) is 2.35. The molecule has 1 N–H and O–H groups in total. The average molecular weight is 308 g/mol. The van der Waals surface area contributed by atoms with Crippen molar-refractivity contribution in [3.05, 3.63) is 35.9 Å². The fraction of sp³-hybridized carbons (Fsp3) is 0.467. The Morgan fingerprint density at radius 2 is 2.05 bits per heavy atom. The van der Waals surface area contributed by atoms with Crippen LogP contribution >= 0.6 is 0 Å². The van der Waals surface area contributed by atoms with E-state index in [0.29, 0.717) is 0 Å². The number of carbonyl (C=O) groups excluding carboxylic acids is 2. The number of aliphatic hydroxyl groups is 1. The summed E-state index contributed by atoms with van der Waals surface area (Å²) in [7, 11) is 2.82. The molecular formula is C15H20N2O5. The van der Waals surface area contributed by atoms with Crippen molar-refractivity contribution in [2.24, 2.45) is 0 Å². The average Bonchev–Trinajstić information content (AvgIpc) is 2.94. The van der Waals surface area contributed by atoms with E-state index in [2.05, 4.69) is 0 Å². The molecule has 2 atom stereocenters. The van der Waals surface area contributed by atoms with Gasteiger partial charge in [0.15, 0.2) is 0 Å². The van der Waals surface area contributed by atoms with Gasteiger partial charge in [0.25, 0.3) is 5.91 Å². The predicted molar refractivity (Wildman–Crippen MR) is 77.5 cm³/mol. The molecule has 1 aromatic rings. The highest BCUT2D eigenvalue weighted by atomic mass is 16.7.